The highest BCUT2D eigenvalue weighted by Gasteiger charge is 1.95. The van der Waals surface area contributed by atoms with Crippen molar-refractivity contribution in [1.29, 1.82) is 0 Å². The predicted molar refractivity (Wildman–Crippen MR) is 49.8 cm³/mol. The van der Waals surface area contributed by atoms with Crippen LogP contribution in [0.4, 0.5) is 0 Å². The van der Waals surface area contributed by atoms with Crippen LogP contribution in [0.25, 0.3) is 0 Å². The topological polar surface area (TPSA) is 12.0 Å². The van der Waals surface area contributed by atoms with Crippen molar-refractivity contribution in [1.82, 2.24) is 5.32 Å². The third-order valence-electron chi connectivity index (χ3n) is 2.46. The Morgan fingerprint density at radius 1 is 0.455 bits per heavy atom. The number of hydrogen-bond donors (Lipinski definition) is 1. The van der Waals surface area contributed by atoms with Gasteiger partial charge in [-0.3, -0.25) is 0 Å². The molecule has 0 radical (unpaired) electrons. The fraction of sp³-hybridized carbons (Fsp3) is 1.00. The van der Waals surface area contributed by atoms with Gasteiger partial charge >= 0.3 is 0 Å². The largest absolute Gasteiger partial charge is 0.317 e. The van der Waals surface area contributed by atoms with Crippen LogP contribution in [0.2, 0.25) is 0 Å². The maximum Gasteiger partial charge on any atom is -0.00368 e. The lowest BCUT2D eigenvalue weighted by molar-refractivity contribution is 0.527. The van der Waals surface area contributed by atoms with Crippen molar-refractivity contribution in [3.05, 3.63) is 0 Å². The molecule has 0 aromatic rings. The molecule has 1 heteroatoms. The second-order valence-electron chi connectivity index (χ2n) is 3.58. The summed E-state index contributed by atoms with van der Waals surface area (Å²) in [5.74, 6) is 0. The van der Waals surface area contributed by atoms with E-state index in [1.54, 1.807) is 0 Å². The average Bonchev–Trinajstić information content (AvgIpc) is 2.10. The first-order valence-corrected chi connectivity index (χ1v) is 5.21. The zero-order valence-corrected chi connectivity index (χ0v) is 7.57. The van der Waals surface area contributed by atoms with Crippen LogP contribution in [0.3, 0.4) is 0 Å². The van der Waals surface area contributed by atoms with Gasteiger partial charge in [-0.2, -0.15) is 0 Å². The van der Waals surface area contributed by atoms with E-state index in [1.807, 2.05) is 0 Å². The van der Waals surface area contributed by atoms with Crippen molar-refractivity contribution in [2.45, 2.75) is 51.4 Å². The van der Waals surface area contributed by atoms with Crippen LogP contribution < -0.4 is 5.32 Å². The van der Waals surface area contributed by atoms with Crippen LogP contribution in [0.1, 0.15) is 51.4 Å². The minimum Gasteiger partial charge on any atom is -0.317 e. The van der Waals surface area contributed by atoms with Crippen molar-refractivity contribution in [2.75, 3.05) is 13.1 Å². The van der Waals surface area contributed by atoms with Gasteiger partial charge in [0, 0.05) is 0 Å². The molecule has 0 bridgehead atoms. The summed E-state index contributed by atoms with van der Waals surface area (Å²) in [6, 6.07) is 0. The molecule has 1 aliphatic heterocycles. The number of hydrogen-bond acceptors (Lipinski definition) is 1. The molecule has 1 nitrogen and oxygen atoms in total. The molecule has 1 heterocycles. The molecular formula is C10H21N. The Kier molecular flexibility index (Phi) is 5.48. The average molecular weight is 155 g/mol. The third-order valence-corrected chi connectivity index (χ3v) is 2.46. The van der Waals surface area contributed by atoms with E-state index in [9.17, 15) is 0 Å². The van der Waals surface area contributed by atoms with E-state index in [2.05, 4.69) is 5.32 Å². The normalized spacial score (nSPS) is 24.0. The van der Waals surface area contributed by atoms with Crippen LogP contribution in [0.5, 0.6) is 0 Å². The highest BCUT2D eigenvalue weighted by molar-refractivity contribution is 4.56. The molecule has 1 aliphatic carbocycles. The zero-order valence-electron chi connectivity index (χ0n) is 7.57. The Morgan fingerprint density at radius 2 is 0.636 bits per heavy atom. The maximum absolute atomic E-state index is 3.11. The van der Waals surface area contributed by atoms with E-state index in [0.717, 1.165) is 0 Å². The van der Waals surface area contributed by atoms with Crippen molar-refractivity contribution < 1.29 is 0 Å². The Labute approximate surface area is 70.6 Å². The van der Waals surface area contributed by atoms with Crippen LogP contribution in [-0.2, 0) is 0 Å². The van der Waals surface area contributed by atoms with Crippen LogP contribution in [0.15, 0.2) is 0 Å². The first-order valence-electron chi connectivity index (χ1n) is 5.21. The predicted octanol–water partition coefficient (Wildman–Crippen LogP) is 2.71. The van der Waals surface area contributed by atoms with Gasteiger partial charge < -0.3 is 5.32 Å². The van der Waals surface area contributed by atoms with Gasteiger partial charge in [-0.05, 0) is 19.5 Å². The summed E-state index contributed by atoms with van der Waals surface area (Å²) in [5, 5.41) is 3.11. The maximum atomic E-state index is 3.11. The van der Waals surface area contributed by atoms with Crippen molar-refractivity contribution in [2.24, 2.45) is 0 Å². The fourth-order valence-corrected chi connectivity index (χ4v) is 1.41. The van der Waals surface area contributed by atoms with Gasteiger partial charge in [0.05, 0.1) is 0 Å². The lowest BCUT2D eigenvalue weighted by atomic mass is 10.2. The molecule has 66 valence electrons. The van der Waals surface area contributed by atoms with Crippen LogP contribution >= 0.6 is 0 Å². The SMILES string of the molecule is C1CCCCCC1.C1CNC1. The fourth-order valence-electron chi connectivity index (χ4n) is 1.41. The van der Waals surface area contributed by atoms with Gasteiger partial charge in [0.1, 0.15) is 0 Å². The summed E-state index contributed by atoms with van der Waals surface area (Å²) in [6.45, 7) is 2.50. The number of rotatable bonds is 0. The van der Waals surface area contributed by atoms with E-state index < -0.39 is 0 Å². The van der Waals surface area contributed by atoms with E-state index in [-0.39, 0.29) is 0 Å². The molecule has 1 N–H and O–H groups in total. The van der Waals surface area contributed by atoms with Crippen molar-refractivity contribution in [3.63, 3.8) is 0 Å². The van der Waals surface area contributed by atoms with Gasteiger partial charge in [-0.1, -0.05) is 44.9 Å². The summed E-state index contributed by atoms with van der Waals surface area (Å²) in [4.78, 5) is 0. The molecule has 0 amide bonds. The first kappa shape index (κ1) is 9.05. The van der Waals surface area contributed by atoms with E-state index in [1.165, 1.54) is 64.5 Å². The van der Waals surface area contributed by atoms with Crippen molar-refractivity contribution >= 4 is 0 Å². The summed E-state index contributed by atoms with van der Waals surface area (Å²) in [7, 11) is 0. The second-order valence-corrected chi connectivity index (χ2v) is 3.58. The quantitative estimate of drug-likeness (QED) is 0.530. The Balaban J connectivity index is 0.000000128. The molecule has 0 unspecified atom stereocenters. The minimum atomic E-state index is 1.25. The highest BCUT2D eigenvalue weighted by atomic mass is 14.9. The second kappa shape index (κ2) is 6.66. The Hall–Kier alpha value is -0.0400. The molecule has 1 saturated carbocycles. The molecule has 0 aromatic carbocycles. The molecule has 0 spiro atoms. The molecule has 2 rings (SSSR count). The number of nitrogens with one attached hydrogen (secondary N) is 1. The zero-order chi connectivity index (χ0) is 7.78. The third kappa shape index (κ3) is 5.25. The van der Waals surface area contributed by atoms with Gasteiger partial charge in [0.2, 0.25) is 0 Å². The van der Waals surface area contributed by atoms with Gasteiger partial charge in [-0.25, -0.2) is 0 Å². The Morgan fingerprint density at radius 3 is 0.727 bits per heavy atom. The summed E-state index contributed by atoms with van der Waals surface area (Å²) < 4.78 is 0. The molecule has 0 aromatic heterocycles. The summed E-state index contributed by atoms with van der Waals surface area (Å²) in [5.41, 5.74) is 0. The van der Waals surface area contributed by atoms with Gasteiger partial charge in [-0.15, -0.1) is 0 Å². The first-order chi connectivity index (χ1) is 5.50. The molecular weight excluding hydrogens is 134 g/mol. The lowest BCUT2D eigenvalue weighted by Gasteiger charge is -2.09. The van der Waals surface area contributed by atoms with Crippen LogP contribution in [0, 0.1) is 0 Å². The standard InChI is InChI=1S/C7H14.C3H7N/c1-2-4-6-7-5-3-1;1-2-4-3-1/h1-7H2;4H,1-3H2. The van der Waals surface area contributed by atoms with Crippen molar-refractivity contribution in [3.8, 4) is 0 Å². The van der Waals surface area contributed by atoms with E-state index in [4.69, 9.17) is 0 Å². The van der Waals surface area contributed by atoms with Gasteiger partial charge in [0.25, 0.3) is 0 Å². The highest BCUT2D eigenvalue weighted by Crippen LogP contribution is 2.15. The summed E-state index contributed by atoms with van der Waals surface area (Å²) >= 11 is 0. The lowest BCUT2D eigenvalue weighted by Crippen LogP contribution is -2.29. The Bertz CT molecular complexity index is 53.3. The molecule has 2 aliphatic rings. The van der Waals surface area contributed by atoms with E-state index in [0.29, 0.717) is 0 Å². The minimum absolute atomic E-state index is 1.25. The molecule has 1 saturated heterocycles. The molecule has 0 atom stereocenters. The molecule has 11 heavy (non-hydrogen) atoms. The smallest absolute Gasteiger partial charge is 0.00368 e. The molecule has 2 fully saturated rings. The van der Waals surface area contributed by atoms with Gasteiger partial charge in [0.15, 0.2) is 0 Å². The van der Waals surface area contributed by atoms with Crippen LogP contribution in [-0.4, -0.2) is 13.1 Å². The summed E-state index contributed by atoms with van der Waals surface area (Å²) in [6.07, 6.45) is 11.9. The monoisotopic (exact) mass is 155 g/mol. The van der Waals surface area contributed by atoms with E-state index >= 15 is 0 Å².